The standard InChI is InChI=1S/C11H14N2O2S/c1-9-8-15-11(13-9)16-6-4-12-7-10-3-2-5-14-10/h2-3,5,8,12H,4,6-7H2,1H3. The molecule has 2 aromatic heterocycles. The topological polar surface area (TPSA) is 51.2 Å². The summed E-state index contributed by atoms with van der Waals surface area (Å²) in [5.74, 6) is 1.89. The van der Waals surface area contributed by atoms with Crippen molar-refractivity contribution in [1.29, 1.82) is 0 Å². The zero-order valence-electron chi connectivity index (χ0n) is 9.10. The van der Waals surface area contributed by atoms with Crippen LogP contribution in [0.4, 0.5) is 0 Å². The minimum absolute atomic E-state index is 0.734. The lowest BCUT2D eigenvalue weighted by molar-refractivity contribution is 0.453. The molecule has 16 heavy (non-hydrogen) atoms. The molecule has 0 aliphatic carbocycles. The fourth-order valence-electron chi connectivity index (χ4n) is 1.23. The highest BCUT2D eigenvalue weighted by Gasteiger charge is 2.00. The largest absolute Gasteiger partial charge is 0.468 e. The van der Waals surface area contributed by atoms with Gasteiger partial charge in [-0.25, -0.2) is 4.98 Å². The van der Waals surface area contributed by atoms with Crippen molar-refractivity contribution in [1.82, 2.24) is 10.3 Å². The first-order chi connectivity index (χ1) is 7.84. The lowest BCUT2D eigenvalue weighted by Gasteiger charge is -2.00. The second kappa shape index (κ2) is 5.77. The van der Waals surface area contributed by atoms with Gasteiger partial charge < -0.3 is 14.2 Å². The summed E-state index contributed by atoms with van der Waals surface area (Å²) in [5.41, 5.74) is 0.922. The van der Waals surface area contributed by atoms with Crippen LogP contribution in [0.3, 0.4) is 0 Å². The molecule has 0 fully saturated rings. The highest BCUT2D eigenvalue weighted by atomic mass is 32.2. The van der Waals surface area contributed by atoms with Gasteiger partial charge in [0, 0.05) is 12.3 Å². The summed E-state index contributed by atoms with van der Waals surface area (Å²) in [6.45, 7) is 3.58. The van der Waals surface area contributed by atoms with Crippen LogP contribution in [0.25, 0.3) is 0 Å². The van der Waals surface area contributed by atoms with Gasteiger partial charge in [0.05, 0.1) is 18.5 Å². The minimum atomic E-state index is 0.734. The maximum absolute atomic E-state index is 5.22. The van der Waals surface area contributed by atoms with E-state index in [-0.39, 0.29) is 0 Å². The summed E-state index contributed by atoms with van der Waals surface area (Å²) in [6, 6.07) is 3.85. The molecule has 0 aliphatic heterocycles. The van der Waals surface area contributed by atoms with Crippen LogP contribution in [0.15, 0.2) is 38.7 Å². The van der Waals surface area contributed by atoms with Gasteiger partial charge in [-0.15, -0.1) is 0 Å². The second-order valence-corrected chi connectivity index (χ2v) is 4.41. The SMILES string of the molecule is Cc1coc(SCCNCc2ccco2)n1. The van der Waals surface area contributed by atoms with Crippen LogP contribution in [0.2, 0.25) is 0 Å². The molecule has 0 amide bonds. The summed E-state index contributed by atoms with van der Waals surface area (Å²) < 4.78 is 10.4. The molecule has 0 spiro atoms. The molecular formula is C11H14N2O2S. The molecule has 0 saturated heterocycles. The Balaban J connectivity index is 1.59. The van der Waals surface area contributed by atoms with Crippen molar-refractivity contribution < 1.29 is 8.83 Å². The number of thioether (sulfide) groups is 1. The average Bonchev–Trinajstić information content (AvgIpc) is 2.89. The maximum atomic E-state index is 5.22. The summed E-state index contributed by atoms with van der Waals surface area (Å²) in [7, 11) is 0. The number of aryl methyl sites for hydroxylation is 1. The van der Waals surface area contributed by atoms with Crippen LogP contribution in [-0.4, -0.2) is 17.3 Å². The van der Waals surface area contributed by atoms with Gasteiger partial charge in [0.2, 0.25) is 0 Å². The molecule has 1 N–H and O–H groups in total. The fraction of sp³-hybridized carbons (Fsp3) is 0.364. The molecule has 0 radical (unpaired) electrons. The molecule has 5 heteroatoms. The molecule has 0 saturated carbocycles. The molecule has 2 heterocycles. The van der Waals surface area contributed by atoms with Crippen LogP contribution in [0, 0.1) is 6.92 Å². The van der Waals surface area contributed by atoms with E-state index >= 15 is 0 Å². The first-order valence-corrected chi connectivity index (χ1v) is 6.11. The predicted molar refractivity (Wildman–Crippen MR) is 62.4 cm³/mol. The molecule has 0 aromatic carbocycles. The number of oxazole rings is 1. The first-order valence-electron chi connectivity index (χ1n) is 5.12. The van der Waals surface area contributed by atoms with Crippen LogP contribution in [0.1, 0.15) is 11.5 Å². The Bertz CT molecular complexity index is 411. The van der Waals surface area contributed by atoms with Crippen LogP contribution < -0.4 is 5.32 Å². The fourth-order valence-corrected chi connectivity index (χ4v) is 1.98. The van der Waals surface area contributed by atoms with Gasteiger partial charge >= 0.3 is 0 Å². The van der Waals surface area contributed by atoms with Crippen molar-refractivity contribution in [3.8, 4) is 0 Å². The number of nitrogens with zero attached hydrogens (tertiary/aromatic N) is 1. The molecular weight excluding hydrogens is 224 g/mol. The average molecular weight is 238 g/mol. The Hall–Kier alpha value is -1.20. The Morgan fingerprint density at radius 2 is 2.38 bits per heavy atom. The third-order valence-electron chi connectivity index (χ3n) is 1.98. The third-order valence-corrected chi connectivity index (χ3v) is 2.82. The predicted octanol–water partition coefficient (Wildman–Crippen LogP) is 2.46. The van der Waals surface area contributed by atoms with Gasteiger partial charge in [-0.2, -0.15) is 0 Å². The molecule has 0 atom stereocenters. The zero-order chi connectivity index (χ0) is 11.2. The minimum Gasteiger partial charge on any atom is -0.468 e. The van der Waals surface area contributed by atoms with E-state index in [0.717, 1.165) is 35.5 Å². The Labute approximate surface area is 98.4 Å². The smallest absolute Gasteiger partial charge is 0.255 e. The van der Waals surface area contributed by atoms with Crippen molar-refractivity contribution in [3.63, 3.8) is 0 Å². The quantitative estimate of drug-likeness (QED) is 0.619. The summed E-state index contributed by atoms with van der Waals surface area (Å²) in [6.07, 6.45) is 3.35. The Morgan fingerprint density at radius 3 is 3.06 bits per heavy atom. The Kier molecular flexibility index (Phi) is 4.07. The van der Waals surface area contributed by atoms with Crippen molar-refractivity contribution in [2.45, 2.75) is 18.7 Å². The van der Waals surface area contributed by atoms with Gasteiger partial charge in [0.25, 0.3) is 5.22 Å². The number of hydrogen-bond acceptors (Lipinski definition) is 5. The van der Waals surface area contributed by atoms with E-state index in [1.165, 1.54) is 0 Å². The van der Waals surface area contributed by atoms with E-state index in [9.17, 15) is 0 Å². The van der Waals surface area contributed by atoms with Crippen LogP contribution >= 0.6 is 11.8 Å². The van der Waals surface area contributed by atoms with E-state index in [2.05, 4.69) is 10.3 Å². The lowest BCUT2D eigenvalue weighted by atomic mass is 10.4. The van der Waals surface area contributed by atoms with Crippen molar-refractivity contribution in [2.24, 2.45) is 0 Å². The van der Waals surface area contributed by atoms with Gasteiger partial charge in [0.15, 0.2) is 0 Å². The van der Waals surface area contributed by atoms with E-state index in [4.69, 9.17) is 8.83 Å². The van der Waals surface area contributed by atoms with E-state index in [0.29, 0.717) is 0 Å². The van der Waals surface area contributed by atoms with Crippen molar-refractivity contribution in [3.05, 3.63) is 36.1 Å². The second-order valence-electron chi connectivity index (χ2n) is 3.36. The molecule has 0 bridgehead atoms. The number of furan rings is 1. The molecule has 2 aromatic rings. The highest BCUT2D eigenvalue weighted by Crippen LogP contribution is 2.15. The third kappa shape index (κ3) is 3.43. The summed E-state index contributed by atoms with van der Waals surface area (Å²) in [4.78, 5) is 4.21. The molecule has 86 valence electrons. The number of aromatic nitrogens is 1. The molecule has 0 unspecified atom stereocenters. The van der Waals surface area contributed by atoms with Crippen molar-refractivity contribution in [2.75, 3.05) is 12.3 Å². The summed E-state index contributed by atoms with van der Waals surface area (Å²) in [5, 5.41) is 4.01. The van der Waals surface area contributed by atoms with Crippen molar-refractivity contribution >= 4 is 11.8 Å². The monoisotopic (exact) mass is 238 g/mol. The Morgan fingerprint density at radius 1 is 1.44 bits per heavy atom. The normalized spacial score (nSPS) is 10.8. The molecule has 0 aliphatic rings. The van der Waals surface area contributed by atoms with E-state index in [1.54, 1.807) is 24.3 Å². The highest BCUT2D eigenvalue weighted by molar-refractivity contribution is 7.99. The van der Waals surface area contributed by atoms with Gasteiger partial charge in [-0.3, -0.25) is 0 Å². The van der Waals surface area contributed by atoms with Gasteiger partial charge in [-0.05, 0) is 19.1 Å². The van der Waals surface area contributed by atoms with E-state index in [1.807, 2.05) is 19.1 Å². The molecule has 2 rings (SSSR count). The number of rotatable bonds is 6. The van der Waals surface area contributed by atoms with E-state index < -0.39 is 0 Å². The first kappa shape index (κ1) is 11.3. The zero-order valence-corrected chi connectivity index (χ0v) is 9.92. The maximum Gasteiger partial charge on any atom is 0.255 e. The number of hydrogen-bond donors (Lipinski definition) is 1. The van der Waals surface area contributed by atoms with Crippen LogP contribution in [0.5, 0.6) is 0 Å². The van der Waals surface area contributed by atoms with Crippen LogP contribution in [-0.2, 0) is 6.54 Å². The molecule has 4 nitrogen and oxygen atoms in total. The number of nitrogens with one attached hydrogen (secondary N) is 1. The summed E-state index contributed by atoms with van der Waals surface area (Å²) >= 11 is 1.61. The van der Waals surface area contributed by atoms with Gasteiger partial charge in [0.1, 0.15) is 12.0 Å². The van der Waals surface area contributed by atoms with Gasteiger partial charge in [-0.1, -0.05) is 11.8 Å². The lowest BCUT2D eigenvalue weighted by Crippen LogP contribution is -2.15.